The van der Waals surface area contributed by atoms with Crippen molar-refractivity contribution in [1.29, 1.82) is 0 Å². The number of hydrogen-bond donors (Lipinski definition) is 3. The fraction of sp³-hybridized carbons (Fsp3) is 0.500. The van der Waals surface area contributed by atoms with Gasteiger partial charge in [0.15, 0.2) is 0 Å². The maximum absolute atomic E-state index is 11.5. The quantitative estimate of drug-likeness (QED) is 0.580. The predicted molar refractivity (Wildman–Crippen MR) is 123 cm³/mol. The normalized spacial score (nSPS) is 29.5. The van der Waals surface area contributed by atoms with Crippen LogP contribution in [0.2, 0.25) is 0 Å². The molecule has 0 saturated heterocycles. The van der Waals surface area contributed by atoms with Crippen molar-refractivity contribution in [3.63, 3.8) is 0 Å². The number of carbonyl (C=O) groups is 1. The van der Waals surface area contributed by atoms with Gasteiger partial charge in [-0.3, -0.25) is 0 Å². The summed E-state index contributed by atoms with van der Waals surface area (Å²) in [5.41, 5.74) is 2.97. The number of carboxylic acids is 1. The fourth-order valence-corrected chi connectivity index (χ4v) is 6.74. The Morgan fingerprint density at radius 3 is 2.78 bits per heavy atom. The van der Waals surface area contributed by atoms with Crippen molar-refractivity contribution in [2.24, 2.45) is 11.8 Å². The number of hydrogen-bond acceptors (Lipinski definition) is 5. The van der Waals surface area contributed by atoms with E-state index in [0.29, 0.717) is 17.7 Å². The third kappa shape index (κ3) is 3.49. The van der Waals surface area contributed by atoms with Crippen molar-refractivity contribution in [3.05, 3.63) is 63.4 Å². The summed E-state index contributed by atoms with van der Waals surface area (Å²) in [6.45, 7) is 1.80. The molecule has 1 aromatic heterocycles. The minimum atomic E-state index is -0.952. The number of aromatic carboxylic acids is 1. The Morgan fingerprint density at radius 1 is 1.31 bits per heavy atom. The highest BCUT2D eigenvalue weighted by Gasteiger charge is 2.46. The molecular formula is C26H30O5S. The lowest BCUT2D eigenvalue weighted by atomic mass is 9.61. The molecule has 0 bridgehead atoms. The lowest BCUT2D eigenvalue weighted by molar-refractivity contribution is 0.0617. The lowest BCUT2D eigenvalue weighted by Gasteiger charge is -2.44. The summed E-state index contributed by atoms with van der Waals surface area (Å²) >= 11 is 1.66. The highest BCUT2D eigenvalue weighted by molar-refractivity contribution is 7.08. The summed E-state index contributed by atoms with van der Waals surface area (Å²) in [5.74, 6) is -0.235. The molecule has 1 aliphatic heterocycles. The number of rotatable bonds is 5. The van der Waals surface area contributed by atoms with Crippen molar-refractivity contribution in [2.75, 3.05) is 0 Å². The molecule has 2 aliphatic carbocycles. The molecule has 2 aromatic rings. The molecule has 2 fully saturated rings. The first kappa shape index (κ1) is 21.7. The van der Waals surface area contributed by atoms with Gasteiger partial charge in [-0.2, -0.15) is 11.3 Å². The van der Waals surface area contributed by atoms with Crippen LogP contribution in [0.3, 0.4) is 0 Å². The average Bonchev–Trinajstić information content (AvgIpc) is 3.30. The molecule has 2 heterocycles. The molecule has 170 valence electrons. The second kappa shape index (κ2) is 8.32. The number of ether oxygens (including phenoxy) is 1. The van der Waals surface area contributed by atoms with Crippen LogP contribution >= 0.6 is 11.3 Å². The van der Waals surface area contributed by atoms with Crippen molar-refractivity contribution in [1.82, 2.24) is 0 Å². The van der Waals surface area contributed by atoms with Crippen molar-refractivity contribution < 1.29 is 24.9 Å². The van der Waals surface area contributed by atoms with Crippen LogP contribution < -0.4 is 4.74 Å². The molecule has 3 N–H and O–H groups in total. The number of fused-ring (bicyclic) bond motifs is 2. The van der Waals surface area contributed by atoms with E-state index in [1.54, 1.807) is 24.3 Å². The van der Waals surface area contributed by atoms with Gasteiger partial charge < -0.3 is 20.1 Å². The first-order chi connectivity index (χ1) is 15.4. The molecule has 3 aliphatic rings. The maximum Gasteiger partial charge on any atom is 0.336 e. The smallest absolute Gasteiger partial charge is 0.336 e. The highest BCUT2D eigenvalue weighted by atomic mass is 32.1. The van der Waals surface area contributed by atoms with E-state index in [-0.39, 0.29) is 28.9 Å². The molecule has 0 amide bonds. The maximum atomic E-state index is 11.5. The zero-order valence-corrected chi connectivity index (χ0v) is 19.1. The number of benzene rings is 1. The van der Waals surface area contributed by atoms with Gasteiger partial charge in [0.2, 0.25) is 0 Å². The van der Waals surface area contributed by atoms with Gasteiger partial charge in [-0.1, -0.05) is 24.6 Å². The summed E-state index contributed by atoms with van der Waals surface area (Å²) in [5, 5.41) is 35.6. The third-order valence-corrected chi connectivity index (χ3v) is 8.73. The van der Waals surface area contributed by atoms with Crippen molar-refractivity contribution in [2.45, 2.75) is 69.2 Å². The van der Waals surface area contributed by atoms with Crippen LogP contribution in [0.25, 0.3) is 0 Å². The number of carboxylic acid groups (broad SMARTS) is 1. The van der Waals surface area contributed by atoms with E-state index < -0.39 is 18.2 Å². The molecule has 1 aromatic carbocycles. The molecule has 1 unspecified atom stereocenters. The molecule has 5 nitrogen and oxygen atoms in total. The third-order valence-electron chi connectivity index (χ3n) is 8.05. The van der Waals surface area contributed by atoms with Gasteiger partial charge in [-0.05, 0) is 66.6 Å². The van der Waals surface area contributed by atoms with E-state index in [2.05, 4.69) is 16.8 Å². The van der Waals surface area contributed by atoms with Gasteiger partial charge in [-0.25, -0.2) is 4.79 Å². The number of aliphatic hydroxyl groups is 2. The summed E-state index contributed by atoms with van der Waals surface area (Å²) in [6, 6.07) is 5.64. The Hall–Kier alpha value is -2.15. The first-order valence-corrected chi connectivity index (χ1v) is 12.4. The van der Waals surface area contributed by atoms with Gasteiger partial charge in [0.05, 0.1) is 17.8 Å². The van der Waals surface area contributed by atoms with Gasteiger partial charge >= 0.3 is 5.97 Å². The Bertz CT molecular complexity index is 1020. The van der Waals surface area contributed by atoms with Gasteiger partial charge in [0, 0.05) is 29.2 Å². The monoisotopic (exact) mass is 454 g/mol. The van der Waals surface area contributed by atoms with E-state index >= 15 is 0 Å². The highest BCUT2D eigenvalue weighted by Crippen LogP contribution is 2.48. The zero-order chi connectivity index (χ0) is 22.5. The molecule has 5 rings (SSSR count). The molecule has 2 saturated carbocycles. The van der Waals surface area contributed by atoms with Crippen LogP contribution in [0, 0.1) is 18.8 Å². The van der Waals surface area contributed by atoms with Gasteiger partial charge in [0.25, 0.3) is 0 Å². The number of aliphatic hydroxyl groups excluding tert-OH is 2. The Morgan fingerprint density at radius 2 is 2.12 bits per heavy atom. The minimum Gasteiger partial charge on any atom is -0.489 e. The van der Waals surface area contributed by atoms with E-state index in [9.17, 15) is 20.1 Å². The van der Waals surface area contributed by atoms with Crippen LogP contribution in [0.4, 0.5) is 0 Å². The van der Waals surface area contributed by atoms with Gasteiger partial charge in [0.1, 0.15) is 11.9 Å². The van der Waals surface area contributed by atoms with E-state index in [4.69, 9.17) is 4.74 Å². The summed E-state index contributed by atoms with van der Waals surface area (Å²) in [4.78, 5) is 11.5. The molecule has 6 heteroatoms. The van der Waals surface area contributed by atoms with E-state index in [1.165, 1.54) is 5.56 Å². The second-order valence-corrected chi connectivity index (χ2v) is 10.4. The SMILES string of the molecule is Cc1c(C(=O)O)ccc2c1O[C@H]1C[C@@H](O)[C@H](/C=C/C(O)C3(c4ccsc4)CCC3)[C@H]1CC2. The Kier molecular flexibility index (Phi) is 5.64. The number of thiophene rings is 1. The molecule has 5 atom stereocenters. The molecule has 0 radical (unpaired) electrons. The van der Waals surface area contributed by atoms with Gasteiger partial charge in [-0.15, -0.1) is 0 Å². The largest absolute Gasteiger partial charge is 0.489 e. The summed E-state index contributed by atoms with van der Waals surface area (Å²) < 4.78 is 6.35. The standard InChI is InChI=1S/C26H30O5S/c1-15-18(25(29)30)5-3-16-4-6-20-19(21(27)13-22(20)31-24(15)16)7-8-23(28)26(10-2-11-26)17-9-12-32-14-17/h3,5,7-9,12,14,19-23,27-28H,2,4,6,10-11,13H2,1H3,(H,29,30)/b8-7+/t19-,20-,21-,22+,23?/m1/s1. The average molecular weight is 455 g/mol. The Labute approximate surface area is 192 Å². The topological polar surface area (TPSA) is 87.0 Å². The molecule has 32 heavy (non-hydrogen) atoms. The van der Waals surface area contributed by atoms with Crippen LogP contribution in [-0.2, 0) is 11.8 Å². The van der Waals surface area contributed by atoms with Crippen molar-refractivity contribution in [3.8, 4) is 5.75 Å². The summed E-state index contributed by atoms with van der Waals surface area (Å²) in [7, 11) is 0. The molecule has 0 spiro atoms. The fourth-order valence-electron chi connectivity index (χ4n) is 5.98. The minimum absolute atomic E-state index is 0.0807. The van der Waals surface area contributed by atoms with Crippen LogP contribution in [0.1, 0.15) is 59.2 Å². The Balaban J connectivity index is 1.36. The van der Waals surface area contributed by atoms with E-state index in [1.807, 2.05) is 18.2 Å². The van der Waals surface area contributed by atoms with E-state index in [0.717, 1.165) is 37.7 Å². The van der Waals surface area contributed by atoms with Crippen LogP contribution in [-0.4, -0.2) is 39.6 Å². The zero-order valence-electron chi connectivity index (χ0n) is 18.2. The van der Waals surface area contributed by atoms with Crippen LogP contribution in [0.15, 0.2) is 41.1 Å². The van der Waals surface area contributed by atoms with Crippen LogP contribution in [0.5, 0.6) is 5.75 Å². The second-order valence-electron chi connectivity index (χ2n) is 9.62. The van der Waals surface area contributed by atoms with Crippen molar-refractivity contribution >= 4 is 17.3 Å². The summed E-state index contributed by atoms with van der Waals surface area (Å²) in [6.07, 6.45) is 7.92. The lowest BCUT2D eigenvalue weighted by Crippen LogP contribution is -2.44. The first-order valence-electron chi connectivity index (χ1n) is 11.5. The predicted octanol–water partition coefficient (Wildman–Crippen LogP) is 4.48. The number of aryl methyl sites for hydroxylation is 1. The molecular weight excluding hydrogens is 424 g/mol.